The van der Waals surface area contributed by atoms with E-state index >= 15 is 0 Å². The van der Waals surface area contributed by atoms with Crippen LogP contribution in [0.3, 0.4) is 0 Å². The van der Waals surface area contributed by atoms with Crippen LogP contribution in [0.25, 0.3) is 0 Å². The molecule has 0 atom stereocenters. The smallest absolute Gasteiger partial charge is 0.101 e. The fraction of sp³-hybridized carbons (Fsp3) is 0.200. The predicted molar refractivity (Wildman–Crippen MR) is 48.9 cm³/mol. The molecule has 1 aliphatic rings. The SMILES string of the molecule is CC1C=CC(=C(C#N)C=N)C=C1. The molecule has 0 fully saturated rings. The lowest BCUT2D eigenvalue weighted by Crippen LogP contribution is -1.93. The van der Waals surface area contributed by atoms with Gasteiger partial charge in [-0.3, -0.25) is 0 Å². The largest absolute Gasteiger partial charge is 0.307 e. The van der Waals surface area contributed by atoms with Crippen LogP contribution in [0.1, 0.15) is 6.92 Å². The second kappa shape index (κ2) is 3.68. The van der Waals surface area contributed by atoms with E-state index in [0.29, 0.717) is 11.5 Å². The maximum Gasteiger partial charge on any atom is 0.101 e. The van der Waals surface area contributed by atoms with Crippen LogP contribution in [-0.4, -0.2) is 6.21 Å². The van der Waals surface area contributed by atoms with E-state index in [1.165, 1.54) is 0 Å². The third-order valence-electron chi connectivity index (χ3n) is 1.73. The summed E-state index contributed by atoms with van der Waals surface area (Å²) in [6, 6.07) is 1.97. The average Bonchev–Trinajstić information content (AvgIpc) is 2.10. The topological polar surface area (TPSA) is 47.6 Å². The van der Waals surface area contributed by atoms with Gasteiger partial charge in [-0.25, -0.2) is 0 Å². The Morgan fingerprint density at radius 2 is 2.17 bits per heavy atom. The first-order valence-corrected chi connectivity index (χ1v) is 3.79. The molecule has 0 aromatic carbocycles. The Morgan fingerprint density at radius 3 is 2.58 bits per heavy atom. The molecule has 2 nitrogen and oxygen atoms in total. The molecule has 1 rings (SSSR count). The summed E-state index contributed by atoms with van der Waals surface area (Å²) in [6.07, 6.45) is 8.87. The van der Waals surface area contributed by atoms with Gasteiger partial charge in [0.2, 0.25) is 0 Å². The number of allylic oxidation sites excluding steroid dienone is 6. The number of rotatable bonds is 1. The number of nitriles is 1. The van der Waals surface area contributed by atoms with Crippen molar-refractivity contribution in [3.8, 4) is 6.07 Å². The van der Waals surface area contributed by atoms with E-state index in [2.05, 4.69) is 6.92 Å². The van der Waals surface area contributed by atoms with Gasteiger partial charge < -0.3 is 5.41 Å². The van der Waals surface area contributed by atoms with Crippen molar-refractivity contribution in [3.05, 3.63) is 35.5 Å². The van der Waals surface area contributed by atoms with Crippen LogP contribution in [-0.2, 0) is 0 Å². The Morgan fingerprint density at radius 1 is 1.58 bits per heavy atom. The zero-order chi connectivity index (χ0) is 8.97. The molecule has 0 amide bonds. The van der Waals surface area contributed by atoms with Gasteiger partial charge in [0, 0.05) is 6.21 Å². The Labute approximate surface area is 72.0 Å². The minimum Gasteiger partial charge on any atom is -0.307 e. The van der Waals surface area contributed by atoms with Gasteiger partial charge in [0.05, 0.1) is 5.57 Å². The quantitative estimate of drug-likeness (QED) is 0.461. The van der Waals surface area contributed by atoms with E-state index in [9.17, 15) is 0 Å². The van der Waals surface area contributed by atoms with Crippen LogP contribution in [0, 0.1) is 22.7 Å². The first-order valence-electron chi connectivity index (χ1n) is 3.79. The van der Waals surface area contributed by atoms with Gasteiger partial charge >= 0.3 is 0 Å². The Kier molecular flexibility index (Phi) is 2.60. The third kappa shape index (κ3) is 1.70. The molecule has 2 heteroatoms. The zero-order valence-electron chi connectivity index (χ0n) is 6.91. The highest BCUT2D eigenvalue weighted by molar-refractivity contribution is 5.84. The molecule has 0 saturated heterocycles. The molecule has 0 bridgehead atoms. The van der Waals surface area contributed by atoms with E-state index in [0.717, 1.165) is 11.8 Å². The van der Waals surface area contributed by atoms with Crippen LogP contribution in [0.15, 0.2) is 35.5 Å². The summed E-state index contributed by atoms with van der Waals surface area (Å²) in [7, 11) is 0. The van der Waals surface area contributed by atoms with E-state index < -0.39 is 0 Å². The van der Waals surface area contributed by atoms with Crippen molar-refractivity contribution in [2.75, 3.05) is 0 Å². The monoisotopic (exact) mass is 158 g/mol. The minimum absolute atomic E-state index is 0.411. The summed E-state index contributed by atoms with van der Waals surface area (Å²) >= 11 is 0. The van der Waals surface area contributed by atoms with Gasteiger partial charge in [0.15, 0.2) is 0 Å². The maximum atomic E-state index is 8.62. The van der Waals surface area contributed by atoms with Crippen molar-refractivity contribution in [1.29, 1.82) is 10.7 Å². The molecule has 0 heterocycles. The van der Waals surface area contributed by atoms with E-state index in [-0.39, 0.29) is 0 Å². The summed E-state index contributed by atoms with van der Waals surface area (Å²) in [6.45, 7) is 2.07. The molecule has 12 heavy (non-hydrogen) atoms. The van der Waals surface area contributed by atoms with Gasteiger partial charge in [-0.15, -0.1) is 0 Å². The Hall–Kier alpha value is -1.62. The van der Waals surface area contributed by atoms with Crippen LogP contribution >= 0.6 is 0 Å². The third-order valence-corrected chi connectivity index (χ3v) is 1.73. The summed E-state index contributed by atoms with van der Waals surface area (Å²) in [5.74, 6) is 0.430. The second-order valence-corrected chi connectivity index (χ2v) is 2.70. The molecule has 0 aromatic heterocycles. The lowest BCUT2D eigenvalue weighted by Gasteiger charge is -2.05. The molecule has 1 aliphatic carbocycles. The van der Waals surface area contributed by atoms with Gasteiger partial charge in [-0.2, -0.15) is 5.26 Å². The molecule has 0 spiro atoms. The van der Waals surface area contributed by atoms with Crippen LogP contribution in [0.4, 0.5) is 0 Å². The fourth-order valence-corrected chi connectivity index (χ4v) is 0.990. The summed E-state index contributed by atoms with van der Waals surface area (Å²) in [5, 5.41) is 15.6. The van der Waals surface area contributed by atoms with E-state index in [1.54, 1.807) is 0 Å². The number of nitrogens with zero attached hydrogens (tertiary/aromatic N) is 1. The zero-order valence-corrected chi connectivity index (χ0v) is 6.91. The lowest BCUT2D eigenvalue weighted by molar-refractivity contribution is 0.928. The van der Waals surface area contributed by atoms with Crippen molar-refractivity contribution in [2.45, 2.75) is 6.92 Å². The van der Waals surface area contributed by atoms with Crippen molar-refractivity contribution in [1.82, 2.24) is 0 Å². The molecular formula is C10H10N2. The van der Waals surface area contributed by atoms with Crippen molar-refractivity contribution >= 4 is 6.21 Å². The lowest BCUT2D eigenvalue weighted by atomic mass is 9.99. The van der Waals surface area contributed by atoms with E-state index in [1.807, 2.05) is 30.4 Å². The Balaban J connectivity index is 3.00. The molecule has 0 aliphatic heterocycles. The molecule has 0 unspecified atom stereocenters. The standard InChI is InChI=1S/C10H10N2/c1-8-2-4-9(5-3-8)10(6-11)7-12/h2-6,8,11H,1H3. The van der Waals surface area contributed by atoms with Crippen molar-refractivity contribution in [3.63, 3.8) is 0 Å². The second-order valence-electron chi connectivity index (χ2n) is 2.70. The molecule has 1 N–H and O–H groups in total. The Bertz CT molecular complexity index is 297. The highest BCUT2D eigenvalue weighted by atomic mass is 14.3. The average molecular weight is 158 g/mol. The first kappa shape index (κ1) is 8.48. The number of nitrogens with one attached hydrogen (secondary N) is 1. The molecule has 0 aromatic rings. The maximum absolute atomic E-state index is 8.62. The molecule has 60 valence electrons. The van der Waals surface area contributed by atoms with Crippen molar-refractivity contribution < 1.29 is 0 Å². The molecular weight excluding hydrogens is 148 g/mol. The first-order chi connectivity index (χ1) is 5.77. The van der Waals surface area contributed by atoms with Crippen LogP contribution in [0.2, 0.25) is 0 Å². The summed E-state index contributed by atoms with van der Waals surface area (Å²) < 4.78 is 0. The number of hydrogen-bond acceptors (Lipinski definition) is 2. The predicted octanol–water partition coefficient (Wildman–Crippen LogP) is 2.22. The number of hydrogen-bond donors (Lipinski definition) is 1. The van der Waals surface area contributed by atoms with Crippen LogP contribution in [0.5, 0.6) is 0 Å². The highest BCUT2D eigenvalue weighted by Gasteiger charge is 2.02. The van der Waals surface area contributed by atoms with E-state index in [4.69, 9.17) is 10.7 Å². The van der Waals surface area contributed by atoms with Gasteiger partial charge in [0.1, 0.15) is 6.07 Å². The summed E-state index contributed by atoms with van der Waals surface area (Å²) in [5.41, 5.74) is 1.24. The van der Waals surface area contributed by atoms with Gasteiger partial charge in [-0.05, 0) is 11.5 Å². The molecule has 0 saturated carbocycles. The highest BCUT2D eigenvalue weighted by Crippen LogP contribution is 2.15. The van der Waals surface area contributed by atoms with Crippen LogP contribution < -0.4 is 0 Å². The molecule has 0 radical (unpaired) electrons. The normalized spacial score (nSPS) is 20.3. The van der Waals surface area contributed by atoms with Gasteiger partial charge in [-0.1, -0.05) is 31.2 Å². The fourth-order valence-electron chi connectivity index (χ4n) is 0.990. The van der Waals surface area contributed by atoms with Crippen molar-refractivity contribution in [2.24, 2.45) is 5.92 Å². The van der Waals surface area contributed by atoms with Gasteiger partial charge in [0.25, 0.3) is 0 Å². The summed E-state index contributed by atoms with van der Waals surface area (Å²) in [4.78, 5) is 0. The minimum atomic E-state index is 0.411.